The van der Waals surface area contributed by atoms with Gasteiger partial charge in [-0.15, -0.1) is 0 Å². The summed E-state index contributed by atoms with van der Waals surface area (Å²) in [6, 6.07) is 8.65. The summed E-state index contributed by atoms with van der Waals surface area (Å²) in [5, 5.41) is 3.27. The third kappa shape index (κ3) is 6.06. The van der Waals surface area contributed by atoms with Crippen LogP contribution in [0.5, 0.6) is 0 Å². The molecular formula is C14H18BrNO4. The third-order valence-electron chi connectivity index (χ3n) is 2.62. The van der Waals surface area contributed by atoms with E-state index in [9.17, 15) is 9.59 Å². The fraction of sp³-hybridized carbons (Fsp3) is 0.429. The smallest absolute Gasteiger partial charge is 0.408 e. The molecule has 1 rings (SSSR count). The number of halogens is 1. The van der Waals surface area contributed by atoms with Gasteiger partial charge in [-0.25, -0.2) is 9.59 Å². The Hall–Kier alpha value is -1.56. The molecular weight excluding hydrogens is 326 g/mol. The molecule has 0 aliphatic carbocycles. The molecule has 1 aromatic rings. The Morgan fingerprint density at radius 2 is 2.00 bits per heavy atom. The number of carbonyl (C=O) groups is 2. The van der Waals surface area contributed by atoms with Crippen LogP contribution in [0.3, 0.4) is 0 Å². The molecule has 0 saturated carbocycles. The highest BCUT2D eigenvalue weighted by molar-refractivity contribution is 9.09. The predicted molar refractivity (Wildman–Crippen MR) is 78.6 cm³/mol. The molecule has 5 nitrogen and oxygen atoms in total. The van der Waals surface area contributed by atoms with Gasteiger partial charge in [-0.05, 0) is 18.4 Å². The SMILES string of the molecule is COC(=O)[C@H](CCCBr)NC(=O)OCc1ccccc1. The normalized spacial score (nSPS) is 11.5. The maximum absolute atomic E-state index is 11.7. The van der Waals surface area contributed by atoms with Crippen molar-refractivity contribution in [2.24, 2.45) is 0 Å². The summed E-state index contributed by atoms with van der Waals surface area (Å²) in [6.07, 6.45) is 0.621. The highest BCUT2D eigenvalue weighted by Gasteiger charge is 2.21. The molecule has 0 bridgehead atoms. The molecule has 0 radical (unpaired) electrons. The van der Waals surface area contributed by atoms with Crippen molar-refractivity contribution in [1.29, 1.82) is 0 Å². The van der Waals surface area contributed by atoms with Crippen LogP contribution in [-0.4, -0.2) is 30.5 Å². The number of amides is 1. The Morgan fingerprint density at radius 1 is 1.30 bits per heavy atom. The average molecular weight is 344 g/mol. The third-order valence-corrected chi connectivity index (χ3v) is 3.18. The molecule has 0 fully saturated rings. The van der Waals surface area contributed by atoms with Gasteiger partial charge in [0.1, 0.15) is 12.6 Å². The Morgan fingerprint density at radius 3 is 2.60 bits per heavy atom. The molecule has 6 heteroatoms. The second-order valence-electron chi connectivity index (χ2n) is 4.11. The van der Waals surface area contributed by atoms with Gasteiger partial charge < -0.3 is 14.8 Å². The number of carbonyl (C=O) groups excluding carboxylic acids is 2. The summed E-state index contributed by atoms with van der Waals surface area (Å²) < 4.78 is 9.71. The van der Waals surface area contributed by atoms with Crippen LogP contribution in [0.15, 0.2) is 30.3 Å². The van der Waals surface area contributed by atoms with Crippen molar-refractivity contribution in [3.05, 3.63) is 35.9 Å². The van der Waals surface area contributed by atoms with E-state index in [0.29, 0.717) is 6.42 Å². The first-order chi connectivity index (χ1) is 9.67. The predicted octanol–water partition coefficient (Wildman–Crippen LogP) is 2.63. The quantitative estimate of drug-likeness (QED) is 0.610. The fourth-order valence-corrected chi connectivity index (χ4v) is 1.90. The monoisotopic (exact) mass is 343 g/mol. The molecule has 1 amide bonds. The highest BCUT2D eigenvalue weighted by Crippen LogP contribution is 2.04. The van der Waals surface area contributed by atoms with Crippen molar-refractivity contribution in [2.45, 2.75) is 25.5 Å². The van der Waals surface area contributed by atoms with Crippen LogP contribution in [0, 0.1) is 0 Å². The lowest BCUT2D eigenvalue weighted by Crippen LogP contribution is -2.41. The topological polar surface area (TPSA) is 64.6 Å². The Kier molecular flexibility index (Phi) is 7.72. The second-order valence-corrected chi connectivity index (χ2v) is 4.91. The zero-order valence-electron chi connectivity index (χ0n) is 11.3. The summed E-state index contributed by atoms with van der Waals surface area (Å²) in [7, 11) is 1.29. The molecule has 0 aliphatic heterocycles. The Labute approximate surface area is 126 Å². The fourth-order valence-electron chi connectivity index (χ4n) is 1.58. The first-order valence-electron chi connectivity index (χ1n) is 6.28. The van der Waals surface area contributed by atoms with E-state index < -0.39 is 18.1 Å². The molecule has 0 aliphatic rings. The summed E-state index contributed by atoms with van der Waals surface area (Å²) in [5.74, 6) is -0.470. The van der Waals surface area contributed by atoms with Crippen LogP contribution in [0.1, 0.15) is 18.4 Å². The number of esters is 1. The first-order valence-corrected chi connectivity index (χ1v) is 7.40. The maximum Gasteiger partial charge on any atom is 0.408 e. The van der Waals surface area contributed by atoms with Gasteiger partial charge in [-0.3, -0.25) is 0 Å². The minimum absolute atomic E-state index is 0.166. The van der Waals surface area contributed by atoms with E-state index in [4.69, 9.17) is 4.74 Å². The van der Waals surface area contributed by atoms with E-state index in [1.54, 1.807) is 0 Å². The van der Waals surface area contributed by atoms with E-state index in [-0.39, 0.29) is 6.61 Å². The summed E-state index contributed by atoms with van der Waals surface area (Å²) in [4.78, 5) is 23.2. The van der Waals surface area contributed by atoms with Crippen molar-refractivity contribution < 1.29 is 19.1 Å². The summed E-state index contributed by atoms with van der Waals surface area (Å²) >= 11 is 3.28. The van der Waals surface area contributed by atoms with Crippen molar-refractivity contribution in [3.63, 3.8) is 0 Å². The minimum atomic E-state index is -0.680. The number of alkyl carbamates (subject to hydrolysis) is 1. The number of methoxy groups -OCH3 is 1. The number of nitrogens with one attached hydrogen (secondary N) is 1. The molecule has 20 heavy (non-hydrogen) atoms. The Bertz CT molecular complexity index is 424. The van der Waals surface area contributed by atoms with Crippen LogP contribution >= 0.6 is 15.9 Å². The highest BCUT2D eigenvalue weighted by atomic mass is 79.9. The van der Waals surface area contributed by atoms with E-state index >= 15 is 0 Å². The maximum atomic E-state index is 11.7. The molecule has 0 heterocycles. The number of ether oxygens (including phenoxy) is 2. The second kappa shape index (κ2) is 9.36. The lowest BCUT2D eigenvalue weighted by Gasteiger charge is -2.15. The molecule has 0 spiro atoms. The van der Waals surface area contributed by atoms with E-state index in [1.807, 2.05) is 30.3 Å². The van der Waals surface area contributed by atoms with Crippen LogP contribution in [0.4, 0.5) is 4.79 Å². The minimum Gasteiger partial charge on any atom is -0.467 e. The zero-order chi connectivity index (χ0) is 14.8. The van der Waals surface area contributed by atoms with Crippen LogP contribution < -0.4 is 5.32 Å². The lowest BCUT2D eigenvalue weighted by atomic mass is 10.2. The average Bonchev–Trinajstić information content (AvgIpc) is 2.49. The zero-order valence-corrected chi connectivity index (χ0v) is 12.9. The van der Waals surface area contributed by atoms with Gasteiger partial charge in [0.2, 0.25) is 0 Å². The van der Waals surface area contributed by atoms with Crippen molar-refractivity contribution >= 4 is 28.0 Å². The van der Waals surface area contributed by atoms with Crippen molar-refractivity contribution in [1.82, 2.24) is 5.32 Å². The lowest BCUT2D eigenvalue weighted by molar-refractivity contribution is -0.143. The van der Waals surface area contributed by atoms with Crippen molar-refractivity contribution in [2.75, 3.05) is 12.4 Å². The number of hydrogen-bond donors (Lipinski definition) is 1. The van der Waals surface area contributed by atoms with E-state index in [2.05, 4.69) is 26.0 Å². The first kappa shape index (κ1) is 16.5. The van der Waals surface area contributed by atoms with Crippen LogP contribution in [0.2, 0.25) is 0 Å². The van der Waals surface area contributed by atoms with Gasteiger partial charge in [0.05, 0.1) is 7.11 Å². The van der Waals surface area contributed by atoms with Gasteiger partial charge in [0.25, 0.3) is 0 Å². The van der Waals surface area contributed by atoms with Crippen LogP contribution in [-0.2, 0) is 20.9 Å². The number of alkyl halides is 1. The Balaban J connectivity index is 2.43. The van der Waals surface area contributed by atoms with Gasteiger partial charge in [0, 0.05) is 5.33 Å². The number of hydrogen-bond acceptors (Lipinski definition) is 4. The summed E-state index contributed by atoms with van der Waals surface area (Å²) in [6.45, 7) is 0.166. The molecule has 0 saturated heterocycles. The van der Waals surface area contributed by atoms with Crippen LogP contribution in [0.25, 0.3) is 0 Å². The van der Waals surface area contributed by atoms with E-state index in [1.165, 1.54) is 7.11 Å². The molecule has 1 atom stereocenters. The van der Waals surface area contributed by atoms with Gasteiger partial charge in [0.15, 0.2) is 0 Å². The standard InChI is InChI=1S/C14H18BrNO4/c1-19-13(17)12(8-5-9-15)16-14(18)20-10-11-6-3-2-4-7-11/h2-4,6-7,12H,5,8-10H2,1H3,(H,16,18)/t12-/m0/s1. The number of benzene rings is 1. The molecule has 0 aromatic heterocycles. The summed E-state index contributed by atoms with van der Waals surface area (Å²) in [5.41, 5.74) is 0.887. The molecule has 1 N–H and O–H groups in total. The molecule has 1 aromatic carbocycles. The molecule has 110 valence electrons. The molecule has 0 unspecified atom stereocenters. The van der Waals surface area contributed by atoms with Gasteiger partial charge in [-0.2, -0.15) is 0 Å². The van der Waals surface area contributed by atoms with Gasteiger partial charge in [-0.1, -0.05) is 46.3 Å². The number of rotatable bonds is 7. The van der Waals surface area contributed by atoms with E-state index in [0.717, 1.165) is 17.3 Å². The van der Waals surface area contributed by atoms with Gasteiger partial charge >= 0.3 is 12.1 Å². The largest absolute Gasteiger partial charge is 0.467 e. The van der Waals surface area contributed by atoms with Crippen molar-refractivity contribution in [3.8, 4) is 0 Å².